The fourth-order valence-electron chi connectivity index (χ4n) is 2.06. The number of carbonyl (C=O) groups is 1. The second kappa shape index (κ2) is 5.09. The van der Waals surface area contributed by atoms with Gasteiger partial charge in [-0.05, 0) is 31.0 Å². The van der Waals surface area contributed by atoms with Gasteiger partial charge >= 0.3 is 0 Å². The Morgan fingerprint density at radius 1 is 1.50 bits per heavy atom. The largest absolute Gasteiger partial charge is 0.479 e. The van der Waals surface area contributed by atoms with E-state index in [-0.39, 0.29) is 5.91 Å². The molecule has 1 unspecified atom stereocenters. The molecular weight excluding hydrogens is 228 g/mol. The van der Waals surface area contributed by atoms with Crippen LogP contribution in [0.15, 0.2) is 18.2 Å². The number of hydrogen-bond acceptors (Lipinski definition) is 3. The number of anilines is 1. The maximum Gasteiger partial charge on any atom is 0.267 e. The van der Waals surface area contributed by atoms with Crippen molar-refractivity contribution in [2.75, 3.05) is 11.4 Å². The number of nitriles is 1. The van der Waals surface area contributed by atoms with Crippen LogP contribution in [0.4, 0.5) is 5.69 Å². The number of carbonyl (C=O) groups excluding carboxylic acids is 1. The summed E-state index contributed by atoms with van der Waals surface area (Å²) >= 11 is 0. The highest BCUT2D eigenvalue weighted by molar-refractivity contribution is 5.99. The summed E-state index contributed by atoms with van der Waals surface area (Å²) in [6.07, 6.45) is 0.751. The molecule has 1 heterocycles. The lowest BCUT2D eigenvalue weighted by atomic mass is 10.1. The molecule has 0 fully saturated rings. The third-order valence-electron chi connectivity index (χ3n) is 3.09. The molecule has 0 spiro atoms. The van der Waals surface area contributed by atoms with E-state index in [4.69, 9.17) is 10.00 Å². The molecule has 4 nitrogen and oxygen atoms in total. The van der Waals surface area contributed by atoms with Crippen molar-refractivity contribution in [2.24, 2.45) is 0 Å². The molecule has 1 aliphatic heterocycles. The quantitative estimate of drug-likeness (QED) is 0.819. The van der Waals surface area contributed by atoms with E-state index in [0.717, 1.165) is 23.4 Å². The van der Waals surface area contributed by atoms with Gasteiger partial charge in [0, 0.05) is 6.54 Å². The van der Waals surface area contributed by atoms with E-state index < -0.39 is 6.10 Å². The molecule has 1 amide bonds. The van der Waals surface area contributed by atoms with Gasteiger partial charge in [0.2, 0.25) is 0 Å². The minimum atomic E-state index is -0.483. The zero-order chi connectivity index (χ0) is 13.1. The Bertz CT molecular complexity index is 505. The first-order valence-electron chi connectivity index (χ1n) is 6.15. The van der Waals surface area contributed by atoms with Gasteiger partial charge in [-0.2, -0.15) is 5.26 Å². The normalized spacial score (nSPS) is 17.9. The van der Waals surface area contributed by atoms with E-state index >= 15 is 0 Å². The lowest BCUT2D eigenvalue weighted by molar-refractivity contribution is -0.125. The van der Waals surface area contributed by atoms with Crippen molar-refractivity contribution in [3.8, 4) is 11.8 Å². The molecule has 18 heavy (non-hydrogen) atoms. The predicted molar refractivity (Wildman–Crippen MR) is 68.5 cm³/mol. The van der Waals surface area contributed by atoms with Gasteiger partial charge in [-0.15, -0.1) is 0 Å². The van der Waals surface area contributed by atoms with Crippen LogP contribution >= 0.6 is 0 Å². The molecule has 0 N–H and O–H groups in total. The van der Waals surface area contributed by atoms with Crippen LogP contribution in [-0.4, -0.2) is 18.6 Å². The number of hydrogen-bond donors (Lipinski definition) is 0. The summed E-state index contributed by atoms with van der Waals surface area (Å²) in [7, 11) is 0. The molecule has 1 aliphatic rings. The zero-order valence-electron chi connectivity index (χ0n) is 10.6. The Balaban J connectivity index is 2.40. The van der Waals surface area contributed by atoms with Crippen LogP contribution in [0.3, 0.4) is 0 Å². The highest BCUT2D eigenvalue weighted by atomic mass is 16.5. The standard InChI is InChI=1S/C14H16N2O2/c1-3-11-5-6-13-12(9-11)16(8-4-7-15)14(17)10(2)18-13/h5-6,9-10H,3-4,8H2,1-2H3. The molecular formula is C14H16N2O2. The number of benzene rings is 1. The van der Waals surface area contributed by atoms with Crippen molar-refractivity contribution in [2.45, 2.75) is 32.8 Å². The Kier molecular flexibility index (Phi) is 3.52. The Morgan fingerprint density at radius 2 is 2.28 bits per heavy atom. The van der Waals surface area contributed by atoms with Crippen molar-refractivity contribution < 1.29 is 9.53 Å². The van der Waals surface area contributed by atoms with Crippen LogP contribution in [0.2, 0.25) is 0 Å². The van der Waals surface area contributed by atoms with Crippen LogP contribution in [0.5, 0.6) is 5.75 Å². The minimum Gasteiger partial charge on any atom is -0.479 e. The van der Waals surface area contributed by atoms with Crippen molar-refractivity contribution in [1.29, 1.82) is 5.26 Å². The molecule has 0 saturated heterocycles. The van der Waals surface area contributed by atoms with E-state index in [9.17, 15) is 4.79 Å². The van der Waals surface area contributed by atoms with Crippen molar-refractivity contribution >= 4 is 11.6 Å². The SMILES string of the molecule is CCc1ccc2c(c1)N(CCC#N)C(=O)C(C)O2. The van der Waals surface area contributed by atoms with Gasteiger partial charge in [0.15, 0.2) is 6.10 Å². The smallest absolute Gasteiger partial charge is 0.267 e. The zero-order valence-corrected chi connectivity index (χ0v) is 10.6. The first kappa shape index (κ1) is 12.4. The first-order chi connectivity index (χ1) is 8.67. The molecule has 0 saturated carbocycles. The predicted octanol–water partition coefficient (Wildman–Crippen LogP) is 2.28. The summed E-state index contributed by atoms with van der Waals surface area (Å²) in [5, 5.41) is 8.68. The topological polar surface area (TPSA) is 53.3 Å². The van der Waals surface area contributed by atoms with Gasteiger partial charge in [0.05, 0.1) is 18.2 Å². The van der Waals surface area contributed by atoms with Gasteiger partial charge in [0.25, 0.3) is 5.91 Å². The van der Waals surface area contributed by atoms with Gasteiger partial charge < -0.3 is 9.64 Å². The lowest BCUT2D eigenvalue weighted by Gasteiger charge is -2.32. The third kappa shape index (κ3) is 2.17. The maximum absolute atomic E-state index is 12.1. The van der Waals surface area contributed by atoms with E-state index in [1.165, 1.54) is 0 Å². The highest BCUT2D eigenvalue weighted by Crippen LogP contribution is 2.35. The molecule has 0 radical (unpaired) electrons. The van der Waals surface area contributed by atoms with Crippen LogP contribution in [-0.2, 0) is 11.2 Å². The van der Waals surface area contributed by atoms with E-state index in [1.807, 2.05) is 18.2 Å². The molecule has 2 rings (SSSR count). The van der Waals surface area contributed by atoms with E-state index in [1.54, 1.807) is 11.8 Å². The average Bonchev–Trinajstić information content (AvgIpc) is 2.39. The summed E-state index contributed by atoms with van der Waals surface area (Å²) in [4.78, 5) is 13.7. The van der Waals surface area contributed by atoms with E-state index in [0.29, 0.717) is 13.0 Å². The lowest BCUT2D eigenvalue weighted by Crippen LogP contribution is -2.44. The summed E-state index contributed by atoms with van der Waals surface area (Å²) < 4.78 is 5.58. The second-order valence-electron chi connectivity index (χ2n) is 4.31. The van der Waals surface area contributed by atoms with Gasteiger partial charge in [-0.1, -0.05) is 13.0 Å². The Morgan fingerprint density at radius 3 is 2.94 bits per heavy atom. The molecule has 0 aliphatic carbocycles. The average molecular weight is 244 g/mol. The monoisotopic (exact) mass is 244 g/mol. The molecule has 1 aromatic rings. The van der Waals surface area contributed by atoms with Crippen molar-refractivity contribution in [3.05, 3.63) is 23.8 Å². The van der Waals surface area contributed by atoms with Crippen LogP contribution in [0.25, 0.3) is 0 Å². The number of nitrogens with zero attached hydrogens (tertiary/aromatic N) is 2. The highest BCUT2D eigenvalue weighted by Gasteiger charge is 2.31. The van der Waals surface area contributed by atoms with Crippen molar-refractivity contribution in [1.82, 2.24) is 0 Å². The molecule has 1 atom stereocenters. The van der Waals surface area contributed by atoms with Gasteiger partial charge in [-0.25, -0.2) is 0 Å². The molecule has 1 aromatic carbocycles. The number of amides is 1. The van der Waals surface area contributed by atoms with Crippen molar-refractivity contribution in [3.63, 3.8) is 0 Å². The number of rotatable bonds is 3. The second-order valence-corrected chi connectivity index (χ2v) is 4.31. The Hall–Kier alpha value is -2.02. The molecule has 0 aromatic heterocycles. The van der Waals surface area contributed by atoms with Gasteiger partial charge in [0.1, 0.15) is 5.75 Å². The van der Waals surface area contributed by atoms with Crippen LogP contribution < -0.4 is 9.64 Å². The van der Waals surface area contributed by atoms with Gasteiger partial charge in [-0.3, -0.25) is 4.79 Å². The molecule has 0 bridgehead atoms. The molecule has 4 heteroatoms. The fourth-order valence-corrected chi connectivity index (χ4v) is 2.06. The third-order valence-corrected chi connectivity index (χ3v) is 3.09. The fraction of sp³-hybridized carbons (Fsp3) is 0.429. The Labute approximate surface area is 107 Å². The number of aryl methyl sites for hydroxylation is 1. The summed E-state index contributed by atoms with van der Waals surface area (Å²) in [6, 6.07) is 7.95. The minimum absolute atomic E-state index is 0.0778. The maximum atomic E-state index is 12.1. The van der Waals surface area contributed by atoms with Crippen LogP contribution in [0.1, 0.15) is 25.8 Å². The summed E-state index contributed by atoms with van der Waals surface area (Å²) in [6.45, 7) is 4.22. The van der Waals surface area contributed by atoms with Crippen LogP contribution in [0, 0.1) is 11.3 Å². The van der Waals surface area contributed by atoms with E-state index in [2.05, 4.69) is 13.0 Å². The number of ether oxygens (including phenoxy) is 1. The molecule has 94 valence electrons. The summed E-state index contributed by atoms with van der Waals surface area (Å²) in [5.74, 6) is 0.642. The first-order valence-corrected chi connectivity index (χ1v) is 6.15. The number of fused-ring (bicyclic) bond motifs is 1. The summed E-state index contributed by atoms with van der Waals surface area (Å²) in [5.41, 5.74) is 1.94.